The van der Waals surface area contributed by atoms with Crippen LogP contribution in [0.2, 0.25) is 0 Å². The van der Waals surface area contributed by atoms with Crippen LogP contribution in [0.5, 0.6) is 0 Å². The second kappa shape index (κ2) is 7.95. The average Bonchev–Trinajstić information content (AvgIpc) is 2.61. The van der Waals surface area contributed by atoms with Crippen molar-refractivity contribution >= 4 is 35.3 Å². The van der Waals surface area contributed by atoms with E-state index in [1.165, 1.54) is 5.56 Å². The van der Waals surface area contributed by atoms with Crippen molar-refractivity contribution in [2.45, 2.75) is 24.9 Å². The van der Waals surface area contributed by atoms with Gasteiger partial charge in [-0.1, -0.05) is 86.3 Å². The lowest BCUT2D eigenvalue weighted by atomic mass is 10.1. The molecule has 24 heavy (non-hydrogen) atoms. The van der Waals surface area contributed by atoms with Gasteiger partial charge in [0.25, 0.3) is 0 Å². The molecule has 0 saturated carbocycles. The number of cyclic esters (lactones) is 1. The fraction of sp³-hybridized carbons (Fsp3) is 0.250. The van der Waals surface area contributed by atoms with Gasteiger partial charge in [0, 0.05) is 11.3 Å². The van der Waals surface area contributed by atoms with Gasteiger partial charge in [-0.05, 0) is 11.5 Å². The molecule has 1 aliphatic heterocycles. The second-order valence-corrected chi connectivity index (χ2v) is 8.36. The Morgan fingerprint density at radius 1 is 1.04 bits per heavy atom. The topological polar surface area (TPSA) is 26.3 Å². The number of thioether (sulfide) groups is 2. The Labute approximate surface area is 151 Å². The Morgan fingerprint density at radius 2 is 1.67 bits per heavy atom. The standard InChI is InChI=1S/C20H20O2S2/c1-14(2)18-19(21)22-17(16-11-7-4-8-12-16)20(24-18)23-13-15-9-5-3-6-10-15/h3-12,14,18H,13H2,1-2H3. The zero-order valence-corrected chi connectivity index (χ0v) is 15.4. The number of carbonyl (C=O) groups is 1. The van der Waals surface area contributed by atoms with Crippen molar-refractivity contribution < 1.29 is 9.53 Å². The van der Waals surface area contributed by atoms with Crippen LogP contribution in [0.3, 0.4) is 0 Å². The molecule has 0 radical (unpaired) electrons. The molecule has 124 valence electrons. The summed E-state index contributed by atoms with van der Waals surface area (Å²) in [6.45, 7) is 4.12. The van der Waals surface area contributed by atoms with Crippen LogP contribution in [-0.2, 0) is 15.3 Å². The molecule has 0 aliphatic carbocycles. The summed E-state index contributed by atoms with van der Waals surface area (Å²) in [7, 11) is 0. The number of esters is 1. The molecule has 2 aromatic carbocycles. The van der Waals surface area contributed by atoms with E-state index in [-0.39, 0.29) is 17.1 Å². The lowest BCUT2D eigenvalue weighted by molar-refractivity contribution is -0.137. The number of hydrogen-bond acceptors (Lipinski definition) is 4. The first-order valence-corrected chi connectivity index (χ1v) is 9.86. The van der Waals surface area contributed by atoms with Crippen molar-refractivity contribution in [3.8, 4) is 0 Å². The van der Waals surface area contributed by atoms with Crippen LogP contribution in [-0.4, -0.2) is 11.2 Å². The molecule has 4 heteroatoms. The van der Waals surface area contributed by atoms with Gasteiger partial charge < -0.3 is 4.74 Å². The predicted molar refractivity (Wildman–Crippen MR) is 103 cm³/mol. The van der Waals surface area contributed by atoms with Gasteiger partial charge in [0.15, 0.2) is 5.76 Å². The van der Waals surface area contributed by atoms with E-state index in [4.69, 9.17) is 4.74 Å². The number of hydrogen-bond donors (Lipinski definition) is 0. The molecule has 1 unspecified atom stereocenters. The molecule has 0 N–H and O–H groups in total. The molecule has 1 atom stereocenters. The molecule has 0 amide bonds. The summed E-state index contributed by atoms with van der Waals surface area (Å²) < 4.78 is 6.83. The van der Waals surface area contributed by atoms with Gasteiger partial charge in [-0.25, -0.2) is 0 Å². The van der Waals surface area contributed by atoms with Crippen LogP contribution < -0.4 is 0 Å². The average molecular weight is 357 g/mol. The van der Waals surface area contributed by atoms with E-state index >= 15 is 0 Å². The van der Waals surface area contributed by atoms with E-state index in [1.807, 2.05) is 48.5 Å². The van der Waals surface area contributed by atoms with Gasteiger partial charge in [0.05, 0.1) is 4.24 Å². The lowest BCUT2D eigenvalue weighted by Gasteiger charge is -2.27. The zero-order valence-electron chi connectivity index (χ0n) is 13.8. The summed E-state index contributed by atoms with van der Waals surface area (Å²) in [4.78, 5) is 12.4. The first-order chi connectivity index (χ1) is 11.6. The summed E-state index contributed by atoms with van der Waals surface area (Å²) >= 11 is 3.38. The fourth-order valence-electron chi connectivity index (χ4n) is 2.41. The van der Waals surface area contributed by atoms with Crippen LogP contribution in [0.25, 0.3) is 5.76 Å². The van der Waals surface area contributed by atoms with Crippen molar-refractivity contribution in [3.63, 3.8) is 0 Å². The quantitative estimate of drug-likeness (QED) is 0.655. The van der Waals surface area contributed by atoms with Crippen molar-refractivity contribution in [2.75, 3.05) is 0 Å². The van der Waals surface area contributed by atoms with Gasteiger partial charge in [-0.3, -0.25) is 4.79 Å². The van der Waals surface area contributed by atoms with E-state index in [0.717, 1.165) is 15.6 Å². The van der Waals surface area contributed by atoms with Gasteiger partial charge in [-0.15, -0.1) is 11.8 Å². The van der Waals surface area contributed by atoms with Crippen molar-refractivity contribution in [1.82, 2.24) is 0 Å². The monoisotopic (exact) mass is 356 g/mol. The van der Waals surface area contributed by atoms with Crippen LogP contribution >= 0.6 is 23.5 Å². The highest BCUT2D eigenvalue weighted by Gasteiger charge is 2.34. The highest BCUT2D eigenvalue weighted by Crippen LogP contribution is 2.46. The van der Waals surface area contributed by atoms with E-state index in [1.54, 1.807) is 23.5 Å². The first-order valence-electron chi connectivity index (χ1n) is 8.00. The summed E-state index contributed by atoms with van der Waals surface area (Å²) in [5.41, 5.74) is 2.22. The molecular formula is C20H20O2S2. The molecule has 2 aromatic rings. The summed E-state index contributed by atoms with van der Waals surface area (Å²) in [5, 5.41) is -0.143. The minimum absolute atomic E-state index is 0.141. The highest BCUT2D eigenvalue weighted by atomic mass is 32.2. The molecule has 0 aromatic heterocycles. The minimum Gasteiger partial charge on any atom is -0.423 e. The number of carbonyl (C=O) groups excluding carboxylic acids is 1. The van der Waals surface area contributed by atoms with Crippen LogP contribution in [0.15, 0.2) is 64.9 Å². The molecule has 0 bridgehead atoms. The smallest absolute Gasteiger partial charge is 0.325 e. The third kappa shape index (κ3) is 4.05. The minimum atomic E-state index is -0.143. The van der Waals surface area contributed by atoms with E-state index in [0.29, 0.717) is 5.76 Å². The summed E-state index contributed by atoms with van der Waals surface area (Å²) in [6, 6.07) is 20.2. The van der Waals surface area contributed by atoms with Gasteiger partial charge in [0.2, 0.25) is 0 Å². The molecule has 0 fully saturated rings. The summed E-state index contributed by atoms with van der Waals surface area (Å²) in [5.74, 6) is 1.66. The lowest BCUT2D eigenvalue weighted by Crippen LogP contribution is -2.28. The number of ether oxygens (including phenoxy) is 1. The zero-order chi connectivity index (χ0) is 16.9. The molecule has 2 nitrogen and oxygen atoms in total. The highest BCUT2D eigenvalue weighted by molar-refractivity contribution is 8.22. The van der Waals surface area contributed by atoms with E-state index in [9.17, 15) is 4.79 Å². The van der Waals surface area contributed by atoms with Crippen molar-refractivity contribution in [2.24, 2.45) is 5.92 Å². The van der Waals surface area contributed by atoms with Crippen molar-refractivity contribution in [1.29, 1.82) is 0 Å². The Morgan fingerprint density at radius 3 is 2.29 bits per heavy atom. The third-order valence-electron chi connectivity index (χ3n) is 3.71. The van der Waals surface area contributed by atoms with Gasteiger partial charge >= 0.3 is 5.97 Å². The van der Waals surface area contributed by atoms with E-state index < -0.39 is 0 Å². The predicted octanol–water partition coefficient (Wildman–Crippen LogP) is 5.56. The molecular weight excluding hydrogens is 336 g/mol. The maximum Gasteiger partial charge on any atom is 0.325 e. The Bertz CT molecular complexity index is 724. The maximum atomic E-state index is 12.4. The largest absolute Gasteiger partial charge is 0.423 e. The Kier molecular flexibility index (Phi) is 5.69. The van der Waals surface area contributed by atoms with Crippen LogP contribution in [0, 0.1) is 5.92 Å². The maximum absolute atomic E-state index is 12.4. The molecule has 1 heterocycles. The molecule has 0 saturated heterocycles. The first kappa shape index (κ1) is 17.2. The fourth-order valence-corrected chi connectivity index (χ4v) is 4.87. The van der Waals surface area contributed by atoms with Crippen LogP contribution in [0.4, 0.5) is 0 Å². The van der Waals surface area contributed by atoms with Crippen LogP contribution in [0.1, 0.15) is 25.0 Å². The third-order valence-corrected chi connectivity index (χ3v) is 6.67. The SMILES string of the molecule is CC(C)C1SC(SCc2ccccc2)=C(c2ccccc2)OC1=O. The Hall–Kier alpha value is -1.65. The molecule has 3 rings (SSSR count). The normalized spacial score (nSPS) is 18.0. The van der Waals surface area contributed by atoms with Crippen molar-refractivity contribution in [3.05, 3.63) is 76.0 Å². The molecule has 1 aliphatic rings. The number of benzene rings is 2. The van der Waals surface area contributed by atoms with Gasteiger partial charge in [-0.2, -0.15) is 0 Å². The van der Waals surface area contributed by atoms with Gasteiger partial charge in [0.1, 0.15) is 5.25 Å². The molecule has 0 spiro atoms. The number of rotatable bonds is 5. The second-order valence-electron chi connectivity index (χ2n) is 5.96. The summed E-state index contributed by atoms with van der Waals surface area (Å²) in [6.07, 6.45) is 0. The van der Waals surface area contributed by atoms with E-state index in [2.05, 4.69) is 26.0 Å². The Balaban J connectivity index is 1.89.